The lowest BCUT2D eigenvalue weighted by Crippen LogP contribution is -2.21. The van der Waals surface area contributed by atoms with E-state index < -0.39 is 18.5 Å². The molecule has 0 saturated carbocycles. The molecular formula is C20H19NO5. The Bertz CT molecular complexity index is 859. The van der Waals surface area contributed by atoms with Gasteiger partial charge in [-0.25, -0.2) is 4.79 Å². The third-order valence-corrected chi connectivity index (χ3v) is 4.28. The lowest BCUT2D eigenvalue weighted by Gasteiger charge is -2.09. The average Bonchev–Trinajstić information content (AvgIpc) is 3.12. The van der Waals surface area contributed by atoms with Crippen molar-refractivity contribution in [2.24, 2.45) is 5.73 Å². The predicted octanol–water partition coefficient (Wildman–Crippen LogP) is 2.08. The monoisotopic (exact) mass is 353 g/mol. The molecule has 2 aromatic rings. The number of ketones is 1. The minimum Gasteiger partial charge on any atom is -0.481 e. The molecule has 0 spiro atoms. The molecule has 0 heterocycles. The zero-order valence-electron chi connectivity index (χ0n) is 14.2. The number of carbonyl (C=O) groups excluding carboxylic acids is 3. The average molecular weight is 353 g/mol. The summed E-state index contributed by atoms with van der Waals surface area (Å²) in [6.07, 6.45) is 3.12. The van der Waals surface area contributed by atoms with Gasteiger partial charge in [-0.05, 0) is 48.6 Å². The summed E-state index contributed by atoms with van der Waals surface area (Å²) in [5.41, 5.74) is 8.42. The smallest absolute Gasteiger partial charge is 0.344 e. The zero-order valence-corrected chi connectivity index (χ0v) is 14.2. The molecule has 2 N–H and O–H groups in total. The highest BCUT2D eigenvalue weighted by Gasteiger charge is 2.16. The number of amides is 1. The number of aryl methyl sites for hydroxylation is 2. The van der Waals surface area contributed by atoms with Gasteiger partial charge in [0, 0.05) is 5.56 Å². The van der Waals surface area contributed by atoms with Crippen molar-refractivity contribution >= 4 is 17.7 Å². The standard InChI is InChI=1S/C20H19NO5/c21-20(24)16-6-1-2-7-18(16)25-12-19(23)26-11-17(22)15-9-8-13-4-3-5-14(13)10-15/h1-2,6-10H,3-5,11-12H2,(H2,21,24). The Kier molecular flexibility index (Phi) is 5.31. The molecule has 0 atom stereocenters. The maximum atomic E-state index is 12.2. The molecule has 0 unspecified atom stereocenters. The molecule has 0 saturated heterocycles. The zero-order chi connectivity index (χ0) is 18.5. The van der Waals surface area contributed by atoms with E-state index in [2.05, 4.69) is 0 Å². The van der Waals surface area contributed by atoms with E-state index in [-0.39, 0.29) is 23.7 Å². The first-order valence-corrected chi connectivity index (χ1v) is 8.37. The molecule has 1 aliphatic rings. The highest BCUT2D eigenvalue weighted by atomic mass is 16.6. The fraction of sp³-hybridized carbons (Fsp3) is 0.250. The van der Waals surface area contributed by atoms with Crippen LogP contribution in [0.1, 0.15) is 38.3 Å². The van der Waals surface area contributed by atoms with E-state index in [0.29, 0.717) is 5.56 Å². The number of fused-ring (bicyclic) bond motifs is 1. The van der Waals surface area contributed by atoms with Crippen molar-refractivity contribution in [2.75, 3.05) is 13.2 Å². The van der Waals surface area contributed by atoms with E-state index in [4.69, 9.17) is 15.2 Å². The maximum Gasteiger partial charge on any atom is 0.344 e. The molecule has 0 radical (unpaired) electrons. The summed E-state index contributed by atoms with van der Waals surface area (Å²) in [5, 5.41) is 0. The number of nitrogens with two attached hydrogens (primary N) is 1. The minimum atomic E-state index is -0.696. The van der Waals surface area contributed by atoms with Crippen molar-refractivity contribution in [3.63, 3.8) is 0 Å². The van der Waals surface area contributed by atoms with Crippen LogP contribution in [0.5, 0.6) is 5.75 Å². The highest BCUT2D eigenvalue weighted by molar-refractivity contribution is 5.98. The van der Waals surface area contributed by atoms with E-state index in [0.717, 1.165) is 19.3 Å². The van der Waals surface area contributed by atoms with Crippen molar-refractivity contribution in [3.05, 3.63) is 64.7 Å². The summed E-state index contributed by atoms with van der Waals surface area (Å²) in [7, 11) is 0. The van der Waals surface area contributed by atoms with Gasteiger partial charge in [0.15, 0.2) is 19.0 Å². The number of carbonyl (C=O) groups is 3. The number of hydrogen-bond donors (Lipinski definition) is 1. The van der Waals surface area contributed by atoms with Crippen molar-refractivity contribution in [2.45, 2.75) is 19.3 Å². The number of para-hydroxylation sites is 1. The molecule has 0 bridgehead atoms. The number of esters is 1. The van der Waals surface area contributed by atoms with Gasteiger partial charge in [0.2, 0.25) is 0 Å². The largest absolute Gasteiger partial charge is 0.481 e. The molecule has 0 aliphatic heterocycles. The first-order valence-electron chi connectivity index (χ1n) is 8.37. The van der Waals surface area contributed by atoms with Crippen LogP contribution < -0.4 is 10.5 Å². The second kappa shape index (κ2) is 7.82. The summed E-state index contributed by atoms with van der Waals surface area (Å²) < 4.78 is 10.2. The van der Waals surface area contributed by atoms with Gasteiger partial charge in [-0.15, -0.1) is 0 Å². The van der Waals surface area contributed by atoms with Gasteiger partial charge in [0.05, 0.1) is 5.56 Å². The first-order chi connectivity index (χ1) is 12.5. The van der Waals surface area contributed by atoms with Crippen molar-refractivity contribution in [1.29, 1.82) is 0 Å². The van der Waals surface area contributed by atoms with Gasteiger partial charge in [-0.3, -0.25) is 9.59 Å². The van der Waals surface area contributed by atoms with E-state index in [9.17, 15) is 14.4 Å². The SMILES string of the molecule is NC(=O)c1ccccc1OCC(=O)OCC(=O)c1ccc2c(c1)CCC2. The summed E-state index contributed by atoms with van der Waals surface area (Å²) in [5.74, 6) is -1.41. The maximum absolute atomic E-state index is 12.2. The second-order valence-electron chi connectivity index (χ2n) is 6.07. The third-order valence-electron chi connectivity index (χ3n) is 4.28. The molecule has 1 amide bonds. The quantitative estimate of drug-likeness (QED) is 0.607. The van der Waals surface area contributed by atoms with Gasteiger partial charge in [0.1, 0.15) is 5.75 Å². The molecule has 6 nitrogen and oxygen atoms in total. The molecular weight excluding hydrogens is 334 g/mol. The van der Waals surface area contributed by atoms with Crippen LogP contribution in [0, 0.1) is 0 Å². The van der Waals surface area contributed by atoms with Crippen molar-refractivity contribution in [3.8, 4) is 5.75 Å². The highest BCUT2D eigenvalue weighted by Crippen LogP contribution is 2.23. The molecule has 0 aromatic heterocycles. The Hall–Kier alpha value is -3.15. The van der Waals surface area contributed by atoms with Gasteiger partial charge in [-0.1, -0.05) is 24.3 Å². The van der Waals surface area contributed by atoms with Crippen LogP contribution >= 0.6 is 0 Å². The second-order valence-corrected chi connectivity index (χ2v) is 6.07. The van der Waals surface area contributed by atoms with Crippen LogP contribution in [0.15, 0.2) is 42.5 Å². The molecule has 0 fully saturated rings. The number of ether oxygens (including phenoxy) is 2. The van der Waals surface area contributed by atoms with E-state index >= 15 is 0 Å². The van der Waals surface area contributed by atoms with Crippen LogP contribution in [0.2, 0.25) is 0 Å². The number of hydrogen-bond acceptors (Lipinski definition) is 5. The molecule has 3 rings (SSSR count). The van der Waals surface area contributed by atoms with Crippen LogP contribution in [-0.4, -0.2) is 30.9 Å². The van der Waals surface area contributed by atoms with E-state index in [1.54, 1.807) is 18.2 Å². The number of rotatable bonds is 7. The fourth-order valence-corrected chi connectivity index (χ4v) is 2.95. The first kappa shape index (κ1) is 17.7. The minimum absolute atomic E-state index is 0.175. The Morgan fingerprint density at radius 3 is 2.54 bits per heavy atom. The summed E-state index contributed by atoms with van der Waals surface area (Å²) in [4.78, 5) is 35.3. The van der Waals surface area contributed by atoms with Crippen molar-refractivity contribution < 1.29 is 23.9 Å². The Morgan fingerprint density at radius 1 is 0.962 bits per heavy atom. The third kappa shape index (κ3) is 4.08. The normalized spacial score (nSPS) is 12.3. The Labute approximate surface area is 150 Å². The van der Waals surface area contributed by atoms with Crippen molar-refractivity contribution in [1.82, 2.24) is 0 Å². The van der Waals surface area contributed by atoms with E-state index in [1.165, 1.54) is 23.3 Å². The molecule has 6 heteroatoms. The number of primary amides is 1. The number of benzene rings is 2. The molecule has 134 valence electrons. The van der Waals surface area contributed by atoms with E-state index in [1.807, 2.05) is 12.1 Å². The van der Waals surface area contributed by atoms with Gasteiger partial charge in [0.25, 0.3) is 5.91 Å². The van der Waals surface area contributed by atoms with Gasteiger partial charge < -0.3 is 15.2 Å². The molecule has 26 heavy (non-hydrogen) atoms. The van der Waals surface area contributed by atoms with Crippen LogP contribution in [-0.2, 0) is 22.4 Å². The summed E-state index contributed by atoms with van der Waals surface area (Å²) >= 11 is 0. The van der Waals surface area contributed by atoms with Gasteiger partial charge in [-0.2, -0.15) is 0 Å². The lowest BCUT2D eigenvalue weighted by atomic mass is 10.0. The topological polar surface area (TPSA) is 95.7 Å². The van der Waals surface area contributed by atoms with Crippen LogP contribution in [0.3, 0.4) is 0 Å². The van der Waals surface area contributed by atoms with Crippen LogP contribution in [0.4, 0.5) is 0 Å². The van der Waals surface area contributed by atoms with Crippen LogP contribution in [0.25, 0.3) is 0 Å². The fourth-order valence-electron chi connectivity index (χ4n) is 2.95. The molecule has 2 aromatic carbocycles. The summed E-state index contributed by atoms with van der Waals surface area (Å²) in [6.45, 7) is -0.764. The molecule has 1 aliphatic carbocycles. The Balaban J connectivity index is 1.51. The predicted molar refractivity (Wildman–Crippen MR) is 94.2 cm³/mol. The summed E-state index contributed by atoms with van der Waals surface area (Å²) in [6, 6.07) is 11.9. The Morgan fingerprint density at radius 2 is 1.73 bits per heavy atom. The lowest BCUT2D eigenvalue weighted by molar-refractivity contribution is -0.144. The number of Topliss-reactive ketones (excluding diaryl/α,β-unsaturated/α-hetero) is 1. The van der Waals surface area contributed by atoms with Gasteiger partial charge >= 0.3 is 5.97 Å².